The van der Waals surface area contributed by atoms with Crippen LogP contribution in [0.5, 0.6) is 0 Å². The van der Waals surface area contributed by atoms with Crippen LogP contribution in [0.25, 0.3) is 0 Å². The molecule has 178 valence electrons. The number of amides is 1. The number of piperidine rings is 1. The number of hydrogen-bond acceptors (Lipinski definition) is 3. The molecule has 0 bridgehead atoms. The Kier molecular flexibility index (Phi) is 7.69. The first kappa shape index (κ1) is 23.7. The fourth-order valence-electron chi connectivity index (χ4n) is 5.72. The number of aromatic amines is 1. The molecular formula is C28H39N3O2. The van der Waals surface area contributed by atoms with Gasteiger partial charge in [0.05, 0.1) is 0 Å². The van der Waals surface area contributed by atoms with E-state index in [1.54, 1.807) is 0 Å². The van der Waals surface area contributed by atoms with Gasteiger partial charge in [0.1, 0.15) is 5.56 Å². The van der Waals surface area contributed by atoms with Gasteiger partial charge < -0.3 is 14.8 Å². The third-order valence-corrected chi connectivity index (χ3v) is 7.73. The van der Waals surface area contributed by atoms with Crippen molar-refractivity contribution in [1.29, 1.82) is 0 Å². The molecule has 33 heavy (non-hydrogen) atoms. The van der Waals surface area contributed by atoms with Crippen LogP contribution in [0.4, 0.5) is 0 Å². The van der Waals surface area contributed by atoms with Crippen LogP contribution in [0.1, 0.15) is 71.3 Å². The lowest BCUT2D eigenvalue weighted by atomic mass is 9.94. The largest absolute Gasteiger partial charge is 0.335 e. The van der Waals surface area contributed by atoms with Crippen LogP contribution in [0.15, 0.2) is 35.1 Å². The van der Waals surface area contributed by atoms with E-state index < -0.39 is 0 Å². The van der Waals surface area contributed by atoms with E-state index in [0.717, 1.165) is 69.5 Å². The number of hydrogen-bond donors (Lipinski definition) is 1. The van der Waals surface area contributed by atoms with Gasteiger partial charge in [0.15, 0.2) is 0 Å². The smallest absolute Gasteiger partial charge is 0.261 e. The van der Waals surface area contributed by atoms with Crippen molar-refractivity contribution in [3.63, 3.8) is 0 Å². The Morgan fingerprint density at radius 2 is 1.73 bits per heavy atom. The molecule has 0 atom stereocenters. The van der Waals surface area contributed by atoms with Crippen LogP contribution in [0, 0.1) is 26.7 Å². The Hall–Kier alpha value is -2.40. The molecule has 1 amide bonds. The second-order valence-electron chi connectivity index (χ2n) is 10.2. The number of nitrogens with zero attached hydrogens (tertiary/aromatic N) is 2. The van der Waals surface area contributed by atoms with Crippen molar-refractivity contribution in [1.82, 2.24) is 14.8 Å². The minimum Gasteiger partial charge on any atom is -0.335 e. The van der Waals surface area contributed by atoms with Gasteiger partial charge >= 0.3 is 0 Å². The molecule has 1 N–H and O–H groups in total. The van der Waals surface area contributed by atoms with E-state index in [1.807, 2.05) is 19.9 Å². The predicted octanol–water partition coefficient (Wildman–Crippen LogP) is 4.64. The highest BCUT2D eigenvalue weighted by atomic mass is 16.2. The fraction of sp³-hybridized carbons (Fsp3) is 0.571. The summed E-state index contributed by atoms with van der Waals surface area (Å²) in [4.78, 5) is 33.7. The van der Waals surface area contributed by atoms with Gasteiger partial charge in [-0.05, 0) is 94.6 Å². The van der Waals surface area contributed by atoms with E-state index in [9.17, 15) is 9.59 Å². The summed E-state index contributed by atoms with van der Waals surface area (Å²) in [6.07, 6.45) is 7.80. The summed E-state index contributed by atoms with van der Waals surface area (Å²) in [5.41, 5.74) is 4.50. The molecule has 1 aromatic heterocycles. The van der Waals surface area contributed by atoms with Crippen molar-refractivity contribution in [2.45, 2.75) is 71.8 Å². The SMILES string of the molecule is Cc1cc(C)c(C(=O)N(CC2CCN(CCc3ccccc3C)CC2)C2CCCC2)c(=O)[nH]1. The topological polar surface area (TPSA) is 56.4 Å². The average Bonchev–Trinajstić information content (AvgIpc) is 3.31. The van der Waals surface area contributed by atoms with Crippen molar-refractivity contribution >= 4 is 5.91 Å². The lowest BCUT2D eigenvalue weighted by molar-refractivity contribution is 0.0596. The van der Waals surface area contributed by atoms with Crippen LogP contribution >= 0.6 is 0 Å². The number of benzene rings is 1. The van der Waals surface area contributed by atoms with Crippen LogP contribution in [-0.4, -0.2) is 52.9 Å². The Balaban J connectivity index is 1.38. The minimum absolute atomic E-state index is 0.0670. The third-order valence-electron chi connectivity index (χ3n) is 7.73. The van der Waals surface area contributed by atoms with Gasteiger partial charge in [0.25, 0.3) is 11.5 Å². The molecule has 2 fully saturated rings. The Labute approximate surface area is 198 Å². The predicted molar refractivity (Wildman–Crippen MR) is 134 cm³/mol. The summed E-state index contributed by atoms with van der Waals surface area (Å²) < 4.78 is 0. The maximum absolute atomic E-state index is 13.6. The number of carbonyl (C=O) groups is 1. The lowest BCUT2D eigenvalue weighted by Gasteiger charge is -2.37. The van der Waals surface area contributed by atoms with Crippen LogP contribution in [0.3, 0.4) is 0 Å². The van der Waals surface area contributed by atoms with Gasteiger partial charge in [-0.2, -0.15) is 0 Å². The highest BCUT2D eigenvalue weighted by Crippen LogP contribution is 2.28. The van der Waals surface area contributed by atoms with E-state index in [2.05, 4.69) is 46.0 Å². The molecule has 0 unspecified atom stereocenters. The Morgan fingerprint density at radius 1 is 1.03 bits per heavy atom. The van der Waals surface area contributed by atoms with E-state index >= 15 is 0 Å². The molecule has 1 aromatic carbocycles. The zero-order valence-electron chi connectivity index (χ0n) is 20.5. The van der Waals surface area contributed by atoms with Crippen molar-refractivity contribution in [3.8, 4) is 0 Å². The third kappa shape index (κ3) is 5.75. The molecule has 5 nitrogen and oxygen atoms in total. The molecule has 1 aliphatic carbocycles. The molecule has 2 aromatic rings. The zero-order valence-corrected chi connectivity index (χ0v) is 20.5. The fourth-order valence-corrected chi connectivity index (χ4v) is 5.72. The number of rotatable bonds is 7. The summed E-state index contributed by atoms with van der Waals surface area (Å²) in [6, 6.07) is 10.8. The number of likely N-dealkylation sites (tertiary alicyclic amines) is 1. The molecule has 2 heterocycles. The first-order chi connectivity index (χ1) is 15.9. The summed E-state index contributed by atoms with van der Waals surface area (Å²) in [7, 11) is 0. The minimum atomic E-state index is -0.244. The molecule has 1 saturated heterocycles. The quantitative estimate of drug-likeness (QED) is 0.670. The van der Waals surface area contributed by atoms with Gasteiger partial charge in [-0.25, -0.2) is 0 Å². The van der Waals surface area contributed by atoms with Crippen molar-refractivity contribution in [2.24, 2.45) is 5.92 Å². The number of aryl methyl sites for hydroxylation is 3. The van der Waals surface area contributed by atoms with Crippen LogP contribution in [-0.2, 0) is 6.42 Å². The summed E-state index contributed by atoms with van der Waals surface area (Å²) >= 11 is 0. The number of H-pyrrole nitrogens is 1. The standard InChI is InChI=1S/C28H39N3O2/c1-20-8-4-5-9-24(20)14-17-30-15-12-23(13-16-30)19-31(25-10-6-7-11-25)28(33)26-21(2)18-22(3)29-27(26)32/h4-5,8-9,18,23,25H,6-7,10-17,19H2,1-3H3,(H,29,32). The summed E-state index contributed by atoms with van der Waals surface area (Å²) in [5.74, 6) is 0.441. The molecule has 1 saturated carbocycles. The van der Waals surface area contributed by atoms with Crippen molar-refractivity contribution in [3.05, 3.63) is 68.6 Å². The normalized spacial score (nSPS) is 18.0. The van der Waals surface area contributed by atoms with Gasteiger partial charge in [-0.1, -0.05) is 37.1 Å². The Bertz CT molecular complexity index is 1010. The second-order valence-corrected chi connectivity index (χ2v) is 10.2. The van der Waals surface area contributed by atoms with Gasteiger partial charge in [-0.15, -0.1) is 0 Å². The van der Waals surface area contributed by atoms with E-state index in [1.165, 1.54) is 24.0 Å². The summed E-state index contributed by atoms with van der Waals surface area (Å²) in [6.45, 7) is 10.00. The van der Waals surface area contributed by atoms with Crippen LogP contribution in [0.2, 0.25) is 0 Å². The maximum atomic E-state index is 13.6. The highest BCUT2D eigenvalue weighted by molar-refractivity contribution is 5.95. The molecule has 4 rings (SSSR count). The summed E-state index contributed by atoms with van der Waals surface area (Å²) in [5, 5.41) is 0. The number of aromatic nitrogens is 1. The molecule has 5 heteroatoms. The molecule has 0 radical (unpaired) electrons. The zero-order chi connectivity index (χ0) is 23.4. The lowest BCUT2D eigenvalue weighted by Crippen LogP contribution is -2.46. The van der Waals surface area contributed by atoms with Crippen molar-refractivity contribution < 1.29 is 4.79 Å². The maximum Gasteiger partial charge on any atom is 0.261 e. The van der Waals surface area contributed by atoms with E-state index in [0.29, 0.717) is 11.5 Å². The second kappa shape index (κ2) is 10.7. The van der Waals surface area contributed by atoms with Gasteiger partial charge in [0.2, 0.25) is 0 Å². The number of carbonyl (C=O) groups excluding carboxylic acids is 1. The monoisotopic (exact) mass is 449 g/mol. The Morgan fingerprint density at radius 3 is 2.39 bits per heavy atom. The average molecular weight is 450 g/mol. The van der Waals surface area contributed by atoms with E-state index in [4.69, 9.17) is 0 Å². The first-order valence-corrected chi connectivity index (χ1v) is 12.7. The highest BCUT2D eigenvalue weighted by Gasteiger charge is 2.32. The van der Waals surface area contributed by atoms with E-state index in [-0.39, 0.29) is 17.5 Å². The number of pyridine rings is 1. The van der Waals surface area contributed by atoms with Gasteiger partial charge in [0, 0.05) is 24.8 Å². The van der Waals surface area contributed by atoms with Crippen molar-refractivity contribution in [2.75, 3.05) is 26.2 Å². The molecule has 2 aliphatic rings. The van der Waals surface area contributed by atoms with Gasteiger partial charge in [-0.3, -0.25) is 9.59 Å². The molecule has 1 aliphatic heterocycles. The molecular weight excluding hydrogens is 410 g/mol. The van der Waals surface area contributed by atoms with Crippen LogP contribution < -0.4 is 5.56 Å². The molecule has 0 spiro atoms. The first-order valence-electron chi connectivity index (χ1n) is 12.7. The number of nitrogens with one attached hydrogen (secondary N) is 1.